The molecule has 2 N–H and O–H groups in total. The third kappa shape index (κ3) is 4.73. The van der Waals surface area contributed by atoms with E-state index in [2.05, 4.69) is 31.0 Å². The zero-order chi connectivity index (χ0) is 23.3. The van der Waals surface area contributed by atoms with E-state index in [1.165, 1.54) is 0 Å². The Morgan fingerprint density at radius 1 is 0.529 bits per heavy atom. The molecular weight excluding hydrogens is 422 g/mol. The van der Waals surface area contributed by atoms with Crippen molar-refractivity contribution in [1.82, 2.24) is 15.0 Å². The van der Waals surface area contributed by atoms with E-state index in [0.29, 0.717) is 11.6 Å². The van der Waals surface area contributed by atoms with Crippen molar-refractivity contribution in [2.45, 2.75) is 13.8 Å². The summed E-state index contributed by atoms with van der Waals surface area (Å²) in [6.07, 6.45) is 0. The minimum Gasteiger partial charge on any atom is -0.261 e. The number of hydrazone groups is 2. The number of anilines is 2. The van der Waals surface area contributed by atoms with Gasteiger partial charge in [0.25, 0.3) is 0 Å². The van der Waals surface area contributed by atoms with Crippen LogP contribution in [0.3, 0.4) is 0 Å². The third-order valence-electron chi connectivity index (χ3n) is 5.36. The van der Waals surface area contributed by atoms with Crippen molar-refractivity contribution in [3.05, 3.63) is 102 Å². The van der Waals surface area contributed by atoms with Crippen molar-refractivity contribution in [2.24, 2.45) is 10.2 Å². The lowest BCUT2D eigenvalue weighted by atomic mass is 10.2. The summed E-state index contributed by atoms with van der Waals surface area (Å²) < 4.78 is 0. The molecule has 166 valence electrons. The van der Waals surface area contributed by atoms with Crippen LogP contribution in [0.2, 0.25) is 0 Å². The fraction of sp³-hybridized carbons (Fsp3) is 0.0741. The van der Waals surface area contributed by atoms with E-state index in [0.717, 1.165) is 44.6 Å². The molecule has 3 aromatic heterocycles. The smallest absolute Gasteiger partial charge is 0.146 e. The van der Waals surface area contributed by atoms with Gasteiger partial charge in [0.2, 0.25) is 0 Å². The van der Waals surface area contributed by atoms with E-state index >= 15 is 0 Å². The van der Waals surface area contributed by atoms with Gasteiger partial charge in [-0.25, -0.2) is 15.0 Å². The molecule has 3 heterocycles. The van der Waals surface area contributed by atoms with Crippen LogP contribution in [0.5, 0.6) is 0 Å². The Labute approximate surface area is 197 Å². The third-order valence-corrected chi connectivity index (χ3v) is 5.36. The number of rotatable bonds is 6. The van der Waals surface area contributed by atoms with Crippen molar-refractivity contribution in [3.63, 3.8) is 0 Å². The number of pyridine rings is 3. The topological polar surface area (TPSA) is 87.5 Å². The van der Waals surface area contributed by atoms with E-state index in [4.69, 9.17) is 4.98 Å². The first-order chi connectivity index (χ1) is 16.7. The summed E-state index contributed by atoms with van der Waals surface area (Å²) in [7, 11) is 0. The number of nitrogens with one attached hydrogen (secondary N) is 2. The molecule has 0 saturated heterocycles. The molecule has 7 nitrogen and oxygen atoms in total. The molecule has 0 fully saturated rings. The molecule has 5 rings (SSSR count). The first-order valence-corrected chi connectivity index (χ1v) is 11.0. The number of para-hydroxylation sites is 2. The number of hydrogen-bond acceptors (Lipinski definition) is 7. The van der Waals surface area contributed by atoms with E-state index < -0.39 is 0 Å². The van der Waals surface area contributed by atoms with Crippen LogP contribution < -0.4 is 10.9 Å². The predicted molar refractivity (Wildman–Crippen MR) is 139 cm³/mol. The minimum absolute atomic E-state index is 0.680. The van der Waals surface area contributed by atoms with Gasteiger partial charge in [0.05, 0.1) is 33.8 Å². The summed E-state index contributed by atoms with van der Waals surface area (Å²) in [4.78, 5) is 13.9. The van der Waals surface area contributed by atoms with Crippen molar-refractivity contribution in [3.8, 4) is 0 Å². The number of hydrogen-bond donors (Lipinski definition) is 2. The molecule has 34 heavy (non-hydrogen) atoms. The van der Waals surface area contributed by atoms with Gasteiger partial charge in [-0.15, -0.1) is 0 Å². The molecule has 0 aliphatic carbocycles. The molecule has 0 atom stereocenters. The highest BCUT2D eigenvalue weighted by atomic mass is 15.3. The second kappa shape index (κ2) is 9.46. The highest BCUT2D eigenvalue weighted by Gasteiger charge is 2.05. The van der Waals surface area contributed by atoms with Crippen LogP contribution in [-0.2, 0) is 0 Å². The van der Waals surface area contributed by atoms with Crippen molar-refractivity contribution >= 4 is 44.9 Å². The second-order valence-electron chi connectivity index (χ2n) is 7.80. The Bertz CT molecular complexity index is 1430. The second-order valence-corrected chi connectivity index (χ2v) is 7.80. The summed E-state index contributed by atoms with van der Waals surface area (Å²) in [5.41, 5.74) is 10.9. The maximum absolute atomic E-state index is 4.71. The molecular formula is C27H23N7. The summed E-state index contributed by atoms with van der Waals surface area (Å²) >= 11 is 0. The van der Waals surface area contributed by atoms with Crippen molar-refractivity contribution in [1.29, 1.82) is 0 Å². The first-order valence-electron chi connectivity index (χ1n) is 11.0. The van der Waals surface area contributed by atoms with E-state index in [1.54, 1.807) is 0 Å². The number of aromatic nitrogens is 3. The Hall–Kier alpha value is -4.65. The van der Waals surface area contributed by atoms with Gasteiger partial charge in [0, 0.05) is 10.8 Å². The lowest BCUT2D eigenvalue weighted by Gasteiger charge is -2.07. The Morgan fingerprint density at radius 3 is 1.50 bits per heavy atom. The monoisotopic (exact) mass is 445 g/mol. The SMILES string of the molecule is CC(=NNc1ccc2ccccc2n1)c1cccc(C(C)=NNc2ccc3ccccc3n2)n1. The quantitative estimate of drug-likeness (QED) is 0.253. The molecule has 0 aliphatic heterocycles. The van der Waals surface area contributed by atoms with Gasteiger partial charge in [-0.1, -0.05) is 42.5 Å². The maximum atomic E-state index is 4.71. The van der Waals surface area contributed by atoms with Crippen LogP contribution in [0.15, 0.2) is 101 Å². The summed E-state index contributed by atoms with van der Waals surface area (Å²) in [5.74, 6) is 1.36. The molecule has 2 aromatic carbocycles. The van der Waals surface area contributed by atoms with Crippen LogP contribution >= 0.6 is 0 Å². The molecule has 0 spiro atoms. The summed E-state index contributed by atoms with van der Waals surface area (Å²) in [6, 6.07) is 29.6. The van der Waals surface area contributed by atoms with E-state index in [9.17, 15) is 0 Å². The van der Waals surface area contributed by atoms with Gasteiger partial charge >= 0.3 is 0 Å². The van der Waals surface area contributed by atoms with E-state index in [1.807, 2.05) is 105 Å². The molecule has 0 amide bonds. The maximum Gasteiger partial charge on any atom is 0.146 e. The summed E-state index contributed by atoms with van der Waals surface area (Å²) in [6.45, 7) is 3.81. The van der Waals surface area contributed by atoms with Crippen LogP contribution in [0.25, 0.3) is 21.8 Å². The first kappa shape index (κ1) is 21.2. The number of fused-ring (bicyclic) bond motifs is 2. The van der Waals surface area contributed by atoms with Crippen LogP contribution in [0.4, 0.5) is 11.6 Å². The highest BCUT2D eigenvalue weighted by molar-refractivity contribution is 6.01. The fourth-order valence-corrected chi connectivity index (χ4v) is 3.49. The zero-order valence-corrected chi connectivity index (χ0v) is 18.9. The Morgan fingerprint density at radius 2 is 1.00 bits per heavy atom. The Kier molecular flexibility index (Phi) is 5.90. The minimum atomic E-state index is 0.680. The molecule has 5 aromatic rings. The van der Waals surface area contributed by atoms with Crippen molar-refractivity contribution in [2.75, 3.05) is 10.9 Å². The lowest BCUT2D eigenvalue weighted by molar-refractivity contribution is 1.19. The van der Waals surface area contributed by atoms with Gasteiger partial charge in [-0.3, -0.25) is 10.9 Å². The van der Waals surface area contributed by atoms with Gasteiger partial charge in [0.1, 0.15) is 11.6 Å². The average Bonchev–Trinajstić information content (AvgIpc) is 2.90. The van der Waals surface area contributed by atoms with E-state index in [-0.39, 0.29) is 0 Å². The predicted octanol–water partition coefficient (Wildman–Crippen LogP) is 5.85. The number of benzene rings is 2. The number of nitrogens with zero attached hydrogens (tertiary/aromatic N) is 5. The zero-order valence-electron chi connectivity index (χ0n) is 18.9. The fourth-order valence-electron chi connectivity index (χ4n) is 3.49. The largest absolute Gasteiger partial charge is 0.261 e. The summed E-state index contributed by atoms with van der Waals surface area (Å²) in [5, 5.41) is 11.1. The van der Waals surface area contributed by atoms with Crippen LogP contribution in [-0.4, -0.2) is 26.4 Å². The average molecular weight is 446 g/mol. The lowest BCUT2D eigenvalue weighted by Crippen LogP contribution is -2.08. The molecule has 0 bridgehead atoms. The normalized spacial score (nSPS) is 12.2. The standard InChI is InChI=1S/C27H23N7/c1-18(31-33-26-16-14-20-8-3-5-10-24(20)29-26)22-12-7-13-23(28-22)19(2)32-34-27-17-15-21-9-4-6-11-25(21)30-27/h3-17H,1-2H3,(H,29,33)(H,30,34). The molecule has 0 radical (unpaired) electrons. The van der Waals surface area contributed by atoms with Crippen LogP contribution in [0, 0.1) is 0 Å². The van der Waals surface area contributed by atoms with Gasteiger partial charge in [0.15, 0.2) is 0 Å². The Balaban J connectivity index is 1.30. The van der Waals surface area contributed by atoms with Crippen molar-refractivity contribution < 1.29 is 0 Å². The molecule has 0 saturated carbocycles. The van der Waals surface area contributed by atoms with Gasteiger partial charge in [-0.2, -0.15) is 10.2 Å². The molecule has 7 heteroatoms. The van der Waals surface area contributed by atoms with Gasteiger partial charge in [-0.05, 0) is 62.4 Å². The highest BCUT2D eigenvalue weighted by Crippen LogP contribution is 2.16. The van der Waals surface area contributed by atoms with Crippen LogP contribution in [0.1, 0.15) is 25.2 Å². The van der Waals surface area contributed by atoms with Gasteiger partial charge < -0.3 is 0 Å². The molecule has 0 unspecified atom stereocenters. The molecule has 0 aliphatic rings.